The lowest BCUT2D eigenvalue weighted by Gasteiger charge is -2.27. The number of urea groups is 1. The van der Waals surface area contributed by atoms with Crippen LogP contribution in [-0.4, -0.2) is 67.6 Å². The summed E-state index contributed by atoms with van der Waals surface area (Å²) in [4.78, 5) is 30.6. The first-order valence-electron chi connectivity index (χ1n) is 8.76. The van der Waals surface area contributed by atoms with Crippen molar-refractivity contribution in [2.24, 2.45) is 0 Å². The molecule has 3 rings (SSSR count). The van der Waals surface area contributed by atoms with Crippen LogP contribution in [0.5, 0.6) is 0 Å². The van der Waals surface area contributed by atoms with E-state index in [1.807, 2.05) is 28.0 Å². The van der Waals surface area contributed by atoms with Gasteiger partial charge in [-0.3, -0.25) is 14.6 Å². The lowest BCUT2D eigenvalue weighted by molar-refractivity contribution is -0.121. The predicted molar refractivity (Wildman–Crippen MR) is 97.4 cm³/mol. The number of rotatable bonds is 3. The second kappa shape index (κ2) is 8.04. The molecule has 0 atom stereocenters. The number of anilines is 1. The Labute approximate surface area is 148 Å². The summed E-state index contributed by atoms with van der Waals surface area (Å²) >= 11 is 0. The smallest absolute Gasteiger partial charge is 0.324 e. The van der Waals surface area contributed by atoms with E-state index in [9.17, 15) is 9.59 Å². The van der Waals surface area contributed by atoms with Crippen molar-refractivity contribution < 1.29 is 9.59 Å². The first-order chi connectivity index (χ1) is 12.2. The molecule has 1 saturated heterocycles. The van der Waals surface area contributed by atoms with Crippen molar-refractivity contribution in [3.63, 3.8) is 0 Å². The number of para-hydroxylation sites is 1. The largest absolute Gasteiger partial charge is 0.344 e. The molecule has 1 aromatic rings. The first-order valence-corrected chi connectivity index (χ1v) is 8.76. The van der Waals surface area contributed by atoms with Crippen LogP contribution in [0.2, 0.25) is 0 Å². The molecule has 0 bridgehead atoms. The minimum Gasteiger partial charge on any atom is -0.344 e. The first kappa shape index (κ1) is 17.3. The Kier molecular flexibility index (Phi) is 5.56. The molecule has 0 spiro atoms. The monoisotopic (exact) mass is 340 g/mol. The van der Waals surface area contributed by atoms with Gasteiger partial charge in [-0.25, -0.2) is 4.79 Å². The molecule has 0 saturated carbocycles. The third-order valence-electron chi connectivity index (χ3n) is 4.73. The van der Waals surface area contributed by atoms with Gasteiger partial charge >= 0.3 is 6.03 Å². The molecule has 0 unspecified atom stereocenters. The van der Waals surface area contributed by atoms with E-state index in [0.29, 0.717) is 19.6 Å². The predicted octanol–water partition coefficient (Wildman–Crippen LogP) is 0.926. The van der Waals surface area contributed by atoms with Crippen LogP contribution in [0.4, 0.5) is 10.5 Å². The molecule has 2 aliphatic heterocycles. The van der Waals surface area contributed by atoms with Gasteiger partial charge in [0.05, 0.1) is 13.1 Å². The van der Waals surface area contributed by atoms with Gasteiger partial charge in [-0.05, 0) is 24.5 Å². The average molecular weight is 340 g/mol. The normalized spacial score (nSPS) is 17.6. The molecule has 1 aromatic carbocycles. The molecule has 6 heteroatoms. The molecule has 0 radical (unpaired) electrons. The molecule has 132 valence electrons. The van der Waals surface area contributed by atoms with Crippen LogP contribution in [-0.2, 0) is 11.2 Å². The Morgan fingerprint density at radius 2 is 1.96 bits per heavy atom. The standard InChI is InChI=1S/C19H24N4O2/c1-2-9-20-18(24)15-21-10-5-11-22(14-13-21)19(25)23-12-8-16-6-3-4-7-17(16)23/h1,3-4,6-7H,5,8-15H2,(H,20,24). The summed E-state index contributed by atoms with van der Waals surface area (Å²) in [5, 5.41) is 2.68. The highest BCUT2D eigenvalue weighted by molar-refractivity contribution is 5.94. The third-order valence-corrected chi connectivity index (χ3v) is 4.73. The minimum absolute atomic E-state index is 0.0637. The number of hydrogen-bond acceptors (Lipinski definition) is 3. The number of terminal acetylenes is 1. The number of amides is 3. The highest BCUT2D eigenvalue weighted by atomic mass is 16.2. The zero-order chi connectivity index (χ0) is 17.6. The van der Waals surface area contributed by atoms with Crippen molar-refractivity contribution in [1.29, 1.82) is 0 Å². The number of hydrogen-bond donors (Lipinski definition) is 1. The maximum absolute atomic E-state index is 12.9. The summed E-state index contributed by atoms with van der Waals surface area (Å²) in [6.45, 7) is 4.20. The molecule has 3 amide bonds. The quantitative estimate of drug-likeness (QED) is 0.833. The average Bonchev–Trinajstić information content (AvgIpc) is 2.92. The van der Waals surface area contributed by atoms with Crippen LogP contribution in [0.1, 0.15) is 12.0 Å². The Bertz CT molecular complexity index is 682. The van der Waals surface area contributed by atoms with E-state index < -0.39 is 0 Å². The Morgan fingerprint density at radius 3 is 2.80 bits per heavy atom. The second-order valence-corrected chi connectivity index (χ2v) is 6.41. The summed E-state index contributed by atoms with van der Waals surface area (Å²) in [5.74, 6) is 2.34. The van der Waals surface area contributed by atoms with E-state index in [4.69, 9.17) is 6.42 Å². The molecule has 1 N–H and O–H groups in total. The van der Waals surface area contributed by atoms with Crippen LogP contribution in [0, 0.1) is 12.3 Å². The fourth-order valence-electron chi connectivity index (χ4n) is 3.44. The van der Waals surface area contributed by atoms with Crippen LogP contribution in [0.3, 0.4) is 0 Å². The van der Waals surface area contributed by atoms with Crippen LogP contribution in [0.25, 0.3) is 0 Å². The number of fused-ring (bicyclic) bond motifs is 1. The minimum atomic E-state index is -0.0637. The number of nitrogens with zero attached hydrogens (tertiary/aromatic N) is 3. The topological polar surface area (TPSA) is 55.9 Å². The van der Waals surface area contributed by atoms with Gasteiger partial charge in [-0.2, -0.15) is 0 Å². The molecule has 0 aromatic heterocycles. The number of carbonyl (C=O) groups excluding carboxylic acids is 2. The van der Waals surface area contributed by atoms with Crippen LogP contribution >= 0.6 is 0 Å². The van der Waals surface area contributed by atoms with Crippen molar-refractivity contribution in [2.75, 3.05) is 50.7 Å². The van der Waals surface area contributed by atoms with Gasteiger partial charge in [-0.1, -0.05) is 24.1 Å². The van der Waals surface area contributed by atoms with Crippen LogP contribution in [0.15, 0.2) is 24.3 Å². The molecule has 6 nitrogen and oxygen atoms in total. The second-order valence-electron chi connectivity index (χ2n) is 6.41. The van der Waals surface area contributed by atoms with Gasteiger partial charge in [0, 0.05) is 38.4 Å². The molecular formula is C19H24N4O2. The lowest BCUT2D eigenvalue weighted by Crippen LogP contribution is -2.45. The van der Waals surface area contributed by atoms with Gasteiger partial charge in [0.2, 0.25) is 5.91 Å². The van der Waals surface area contributed by atoms with Crippen molar-refractivity contribution in [3.05, 3.63) is 29.8 Å². The SMILES string of the molecule is C#CCNC(=O)CN1CCCN(C(=O)N2CCc3ccccc32)CC1. The molecule has 1 fully saturated rings. The van der Waals surface area contributed by atoms with Gasteiger partial charge in [0.15, 0.2) is 0 Å². The highest BCUT2D eigenvalue weighted by Crippen LogP contribution is 2.28. The van der Waals surface area contributed by atoms with E-state index in [1.165, 1.54) is 5.56 Å². The van der Waals surface area contributed by atoms with Gasteiger partial charge in [-0.15, -0.1) is 6.42 Å². The zero-order valence-electron chi connectivity index (χ0n) is 14.4. The summed E-state index contributed by atoms with van der Waals surface area (Å²) in [6.07, 6.45) is 6.93. The maximum atomic E-state index is 12.9. The maximum Gasteiger partial charge on any atom is 0.324 e. The summed E-state index contributed by atoms with van der Waals surface area (Å²) in [6, 6.07) is 8.16. The van der Waals surface area contributed by atoms with Crippen molar-refractivity contribution >= 4 is 17.6 Å². The van der Waals surface area contributed by atoms with Crippen molar-refractivity contribution in [1.82, 2.24) is 15.1 Å². The van der Waals surface area contributed by atoms with E-state index in [2.05, 4.69) is 22.2 Å². The fraction of sp³-hybridized carbons (Fsp3) is 0.474. The number of nitrogens with one attached hydrogen (secondary N) is 1. The van der Waals surface area contributed by atoms with Crippen molar-refractivity contribution in [2.45, 2.75) is 12.8 Å². The molecule has 25 heavy (non-hydrogen) atoms. The zero-order valence-corrected chi connectivity index (χ0v) is 14.4. The number of carbonyl (C=O) groups is 2. The van der Waals surface area contributed by atoms with Gasteiger partial charge in [0.1, 0.15) is 0 Å². The number of benzene rings is 1. The van der Waals surface area contributed by atoms with Crippen LogP contribution < -0.4 is 10.2 Å². The van der Waals surface area contributed by atoms with E-state index >= 15 is 0 Å². The third kappa shape index (κ3) is 4.12. The highest BCUT2D eigenvalue weighted by Gasteiger charge is 2.29. The molecule has 0 aliphatic carbocycles. The van der Waals surface area contributed by atoms with E-state index in [0.717, 1.165) is 38.2 Å². The lowest BCUT2D eigenvalue weighted by atomic mass is 10.2. The van der Waals surface area contributed by atoms with Crippen molar-refractivity contribution in [3.8, 4) is 12.3 Å². The fourth-order valence-corrected chi connectivity index (χ4v) is 3.44. The Morgan fingerprint density at radius 1 is 1.12 bits per heavy atom. The van der Waals surface area contributed by atoms with E-state index in [1.54, 1.807) is 0 Å². The van der Waals surface area contributed by atoms with Gasteiger partial charge in [0.25, 0.3) is 0 Å². The molecule has 2 aliphatic rings. The Hall–Kier alpha value is -2.52. The molecular weight excluding hydrogens is 316 g/mol. The van der Waals surface area contributed by atoms with Gasteiger partial charge < -0.3 is 10.2 Å². The Balaban J connectivity index is 1.56. The summed E-state index contributed by atoms with van der Waals surface area (Å²) in [7, 11) is 0. The summed E-state index contributed by atoms with van der Waals surface area (Å²) < 4.78 is 0. The summed E-state index contributed by atoms with van der Waals surface area (Å²) in [5.41, 5.74) is 2.26. The molecule has 2 heterocycles. The van der Waals surface area contributed by atoms with E-state index in [-0.39, 0.29) is 18.5 Å².